The maximum absolute atomic E-state index is 12.1. The summed E-state index contributed by atoms with van der Waals surface area (Å²) in [5.74, 6) is -0.588. The first-order valence-electron chi connectivity index (χ1n) is 6.43. The van der Waals surface area contributed by atoms with E-state index in [1.54, 1.807) is 12.1 Å². The van der Waals surface area contributed by atoms with Gasteiger partial charge in [0.1, 0.15) is 0 Å². The molecule has 0 fully saturated rings. The van der Waals surface area contributed by atoms with Crippen LogP contribution in [-0.4, -0.2) is 29.8 Å². The molecule has 4 N–H and O–H groups in total. The molecule has 0 aliphatic carbocycles. The van der Waals surface area contributed by atoms with Gasteiger partial charge in [-0.1, -0.05) is 25.5 Å². The van der Waals surface area contributed by atoms with Crippen molar-refractivity contribution in [3.05, 3.63) is 29.8 Å². The number of hydrogen-bond donors (Lipinski definition) is 2. The Balaban J connectivity index is 2.67. The Bertz CT molecular complexity index is 446. The number of nitrogens with two attached hydrogens (primary N) is 2. The first kappa shape index (κ1) is 15.0. The molecule has 104 valence electrons. The van der Waals surface area contributed by atoms with Crippen molar-refractivity contribution in [2.24, 2.45) is 5.73 Å². The second kappa shape index (κ2) is 7.41. The van der Waals surface area contributed by atoms with E-state index >= 15 is 0 Å². The molecule has 1 rings (SSSR count). The second-order valence-corrected chi connectivity index (χ2v) is 4.56. The molecule has 5 nitrogen and oxygen atoms in total. The molecule has 2 amide bonds. The van der Waals surface area contributed by atoms with E-state index in [1.807, 2.05) is 19.1 Å². The lowest BCUT2D eigenvalue weighted by molar-refractivity contribution is -0.134. The van der Waals surface area contributed by atoms with Crippen molar-refractivity contribution in [3.8, 4) is 0 Å². The first-order valence-corrected chi connectivity index (χ1v) is 6.43. The molecule has 1 aromatic rings. The van der Waals surface area contributed by atoms with Gasteiger partial charge in [0.2, 0.25) is 11.8 Å². The molecule has 0 unspecified atom stereocenters. The van der Waals surface area contributed by atoms with Gasteiger partial charge in [0.25, 0.3) is 0 Å². The molecule has 0 saturated carbocycles. The Morgan fingerprint density at radius 2 is 2.05 bits per heavy atom. The van der Waals surface area contributed by atoms with Gasteiger partial charge in [-0.2, -0.15) is 0 Å². The summed E-state index contributed by atoms with van der Waals surface area (Å²) in [7, 11) is 0. The number of nitrogen functional groups attached to an aromatic ring is 1. The smallest absolute Gasteiger partial charge is 0.237 e. The van der Waals surface area contributed by atoms with E-state index in [0.717, 1.165) is 18.4 Å². The number of amides is 2. The van der Waals surface area contributed by atoms with Crippen LogP contribution in [0.3, 0.4) is 0 Å². The minimum Gasteiger partial charge on any atom is -0.399 e. The van der Waals surface area contributed by atoms with Crippen LogP contribution in [0.4, 0.5) is 5.69 Å². The number of rotatable bonds is 7. The molecule has 1 aromatic carbocycles. The maximum Gasteiger partial charge on any atom is 0.237 e. The van der Waals surface area contributed by atoms with Crippen molar-refractivity contribution in [3.63, 3.8) is 0 Å². The molecule has 0 radical (unpaired) electrons. The summed E-state index contributed by atoms with van der Waals surface area (Å²) in [6.07, 6.45) is 2.05. The summed E-state index contributed by atoms with van der Waals surface area (Å²) in [5.41, 5.74) is 12.3. The summed E-state index contributed by atoms with van der Waals surface area (Å²) in [4.78, 5) is 24.6. The van der Waals surface area contributed by atoms with Crippen LogP contribution in [0, 0.1) is 0 Å². The van der Waals surface area contributed by atoms with Crippen LogP contribution in [0.25, 0.3) is 0 Å². The largest absolute Gasteiger partial charge is 0.399 e. The zero-order chi connectivity index (χ0) is 14.3. The van der Waals surface area contributed by atoms with Crippen molar-refractivity contribution in [1.82, 2.24) is 4.90 Å². The van der Waals surface area contributed by atoms with Gasteiger partial charge in [-0.25, -0.2) is 0 Å². The van der Waals surface area contributed by atoms with Crippen LogP contribution in [0.5, 0.6) is 0 Å². The Morgan fingerprint density at radius 1 is 1.32 bits per heavy atom. The molecule has 0 aliphatic heterocycles. The molecule has 0 atom stereocenters. The van der Waals surface area contributed by atoms with Gasteiger partial charge in [0.05, 0.1) is 13.0 Å². The third-order valence-electron chi connectivity index (χ3n) is 2.79. The number of primary amides is 1. The van der Waals surface area contributed by atoms with E-state index in [9.17, 15) is 9.59 Å². The van der Waals surface area contributed by atoms with Crippen LogP contribution >= 0.6 is 0 Å². The van der Waals surface area contributed by atoms with E-state index in [2.05, 4.69) is 0 Å². The monoisotopic (exact) mass is 263 g/mol. The van der Waals surface area contributed by atoms with E-state index in [0.29, 0.717) is 12.2 Å². The average Bonchev–Trinajstić information content (AvgIpc) is 2.34. The molecular weight excluding hydrogens is 242 g/mol. The number of anilines is 1. The fourth-order valence-electron chi connectivity index (χ4n) is 1.82. The van der Waals surface area contributed by atoms with Crippen molar-refractivity contribution >= 4 is 17.5 Å². The van der Waals surface area contributed by atoms with Gasteiger partial charge in [-0.15, -0.1) is 0 Å². The summed E-state index contributed by atoms with van der Waals surface area (Å²) in [6.45, 7) is 2.56. The lowest BCUT2D eigenvalue weighted by atomic mass is 10.1. The fraction of sp³-hybridized carbons (Fsp3) is 0.429. The molecule has 5 heteroatoms. The van der Waals surface area contributed by atoms with E-state index in [4.69, 9.17) is 11.5 Å². The quantitative estimate of drug-likeness (QED) is 0.717. The summed E-state index contributed by atoms with van der Waals surface area (Å²) in [5, 5.41) is 0. The number of hydrogen-bond acceptors (Lipinski definition) is 3. The molecule has 0 spiro atoms. The molecule has 0 bridgehead atoms. The number of carbonyl (C=O) groups is 2. The van der Waals surface area contributed by atoms with Crippen LogP contribution in [0.1, 0.15) is 25.3 Å². The van der Waals surface area contributed by atoms with Gasteiger partial charge in [-0.3, -0.25) is 9.59 Å². The first-order chi connectivity index (χ1) is 9.02. The van der Waals surface area contributed by atoms with E-state index in [1.165, 1.54) is 4.90 Å². The van der Waals surface area contributed by atoms with Crippen LogP contribution < -0.4 is 11.5 Å². The Kier molecular flexibility index (Phi) is 5.85. The van der Waals surface area contributed by atoms with Crippen molar-refractivity contribution in [2.45, 2.75) is 26.2 Å². The van der Waals surface area contributed by atoms with Gasteiger partial charge < -0.3 is 16.4 Å². The average molecular weight is 263 g/mol. The SMILES string of the molecule is CCCCN(CC(N)=O)C(=O)Cc1cccc(N)c1. The van der Waals surface area contributed by atoms with Gasteiger partial charge in [0.15, 0.2) is 0 Å². The standard InChI is InChI=1S/C14H21N3O2/c1-2-3-7-17(10-13(16)18)14(19)9-11-5-4-6-12(15)8-11/h4-6,8H,2-3,7,9-10,15H2,1H3,(H2,16,18). The number of carbonyl (C=O) groups excluding carboxylic acids is 2. The summed E-state index contributed by atoms with van der Waals surface area (Å²) < 4.78 is 0. The van der Waals surface area contributed by atoms with Crippen LogP contribution in [-0.2, 0) is 16.0 Å². The van der Waals surface area contributed by atoms with Gasteiger partial charge >= 0.3 is 0 Å². The second-order valence-electron chi connectivity index (χ2n) is 4.56. The van der Waals surface area contributed by atoms with Crippen LogP contribution in [0.2, 0.25) is 0 Å². The minimum absolute atomic E-state index is 0.0266. The topological polar surface area (TPSA) is 89.4 Å². The molecule has 0 aliphatic rings. The molecular formula is C14H21N3O2. The highest BCUT2D eigenvalue weighted by Gasteiger charge is 2.15. The highest BCUT2D eigenvalue weighted by atomic mass is 16.2. The maximum atomic E-state index is 12.1. The van der Waals surface area contributed by atoms with Crippen molar-refractivity contribution in [2.75, 3.05) is 18.8 Å². The Morgan fingerprint density at radius 3 is 2.63 bits per heavy atom. The lowest BCUT2D eigenvalue weighted by Crippen LogP contribution is -2.39. The Labute approximate surface area is 113 Å². The van der Waals surface area contributed by atoms with Crippen molar-refractivity contribution in [1.29, 1.82) is 0 Å². The minimum atomic E-state index is -0.489. The molecule has 0 saturated heterocycles. The normalized spacial score (nSPS) is 10.2. The highest BCUT2D eigenvalue weighted by molar-refractivity contribution is 5.85. The van der Waals surface area contributed by atoms with Crippen LogP contribution in [0.15, 0.2) is 24.3 Å². The molecule has 0 aromatic heterocycles. The zero-order valence-corrected chi connectivity index (χ0v) is 11.3. The van der Waals surface area contributed by atoms with Gasteiger partial charge in [-0.05, 0) is 24.1 Å². The predicted molar refractivity (Wildman–Crippen MR) is 75.2 cm³/mol. The summed E-state index contributed by atoms with van der Waals surface area (Å²) >= 11 is 0. The number of benzene rings is 1. The Hall–Kier alpha value is -2.04. The summed E-state index contributed by atoms with van der Waals surface area (Å²) in [6, 6.07) is 7.19. The van der Waals surface area contributed by atoms with Gasteiger partial charge in [0, 0.05) is 12.2 Å². The predicted octanol–water partition coefficient (Wildman–Crippen LogP) is 0.925. The molecule has 0 heterocycles. The third kappa shape index (κ3) is 5.42. The molecule has 19 heavy (non-hydrogen) atoms. The van der Waals surface area contributed by atoms with Crippen molar-refractivity contribution < 1.29 is 9.59 Å². The number of unbranched alkanes of at least 4 members (excludes halogenated alkanes) is 1. The van der Waals surface area contributed by atoms with E-state index < -0.39 is 5.91 Å². The number of nitrogens with zero attached hydrogens (tertiary/aromatic N) is 1. The highest BCUT2D eigenvalue weighted by Crippen LogP contribution is 2.09. The zero-order valence-electron chi connectivity index (χ0n) is 11.3. The van der Waals surface area contributed by atoms with E-state index in [-0.39, 0.29) is 18.9 Å². The fourth-order valence-corrected chi connectivity index (χ4v) is 1.82. The lowest BCUT2D eigenvalue weighted by Gasteiger charge is -2.21. The third-order valence-corrected chi connectivity index (χ3v) is 2.79.